The number of β-amino-alcohol motifs (C(OH)–C–C–N with tert-alkyl or cyclic N) is 1. The number of hydrogen-bond acceptors (Lipinski definition) is 3. The Morgan fingerprint density at radius 2 is 2.21 bits per heavy atom. The molecule has 1 saturated heterocycles. The van der Waals surface area contributed by atoms with Gasteiger partial charge < -0.3 is 10.0 Å². The lowest BCUT2D eigenvalue weighted by Gasteiger charge is -2.37. The van der Waals surface area contributed by atoms with E-state index in [4.69, 9.17) is 5.11 Å². The number of hydrogen-bond donors (Lipinski definition) is 1. The molecule has 1 aliphatic rings. The van der Waals surface area contributed by atoms with Crippen LogP contribution in [-0.4, -0.2) is 29.3 Å². The first-order valence-corrected chi connectivity index (χ1v) is 4.34. The zero-order valence-corrected chi connectivity index (χ0v) is 7.40. The molecule has 2 heterocycles. The van der Waals surface area contributed by atoms with Gasteiger partial charge in [0, 0.05) is 25.0 Å². The molecule has 14 heavy (non-hydrogen) atoms. The van der Waals surface area contributed by atoms with Crippen molar-refractivity contribution in [1.82, 2.24) is 4.98 Å². The molecule has 1 aromatic heterocycles. The van der Waals surface area contributed by atoms with Crippen LogP contribution in [-0.2, 0) is 0 Å². The van der Waals surface area contributed by atoms with E-state index >= 15 is 0 Å². The Hall–Kier alpha value is -1.23. The van der Waals surface area contributed by atoms with Crippen molar-refractivity contribution < 1.29 is 13.9 Å². The van der Waals surface area contributed by atoms with Crippen LogP contribution >= 0.6 is 0 Å². The molecule has 0 radical (unpaired) electrons. The van der Waals surface area contributed by atoms with E-state index in [1.54, 1.807) is 6.07 Å². The maximum atomic E-state index is 12.3. The van der Waals surface area contributed by atoms with Crippen molar-refractivity contribution in [2.75, 3.05) is 18.0 Å². The van der Waals surface area contributed by atoms with Crippen molar-refractivity contribution in [3.63, 3.8) is 0 Å². The number of nitrogens with zero attached hydrogens (tertiary/aromatic N) is 2. The number of aliphatic hydroxyl groups is 1. The topological polar surface area (TPSA) is 36.4 Å². The molecule has 3 nitrogen and oxygen atoms in total. The van der Waals surface area contributed by atoms with Crippen molar-refractivity contribution in [3.8, 4) is 0 Å². The second-order valence-corrected chi connectivity index (χ2v) is 3.30. The van der Waals surface area contributed by atoms with Gasteiger partial charge in [0.2, 0.25) is 0 Å². The van der Waals surface area contributed by atoms with E-state index in [2.05, 4.69) is 4.98 Å². The van der Waals surface area contributed by atoms with Crippen molar-refractivity contribution in [2.45, 2.75) is 12.5 Å². The molecule has 1 fully saturated rings. The van der Waals surface area contributed by atoms with Gasteiger partial charge in [-0.15, -0.1) is 0 Å². The molecular formula is C9H10F2N2O. The molecule has 1 N–H and O–H groups in total. The lowest BCUT2D eigenvalue weighted by atomic mass is 10.1. The van der Waals surface area contributed by atoms with Crippen molar-refractivity contribution in [1.29, 1.82) is 0 Å². The van der Waals surface area contributed by atoms with Crippen LogP contribution in [0.1, 0.15) is 12.1 Å². The Morgan fingerprint density at radius 3 is 2.79 bits per heavy atom. The van der Waals surface area contributed by atoms with Crippen molar-refractivity contribution >= 4 is 5.69 Å². The van der Waals surface area contributed by atoms with Crippen LogP contribution in [0.5, 0.6) is 0 Å². The Balaban J connectivity index is 2.14. The van der Waals surface area contributed by atoms with Gasteiger partial charge in [0.05, 0.1) is 6.10 Å². The smallest absolute Gasteiger partial charge is 0.280 e. The summed E-state index contributed by atoms with van der Waals surface area (Å²) in [6.07, 6.45) is -1.51. The Morgan fingerprint density at radius 1 is 1.50 bits per heavy atom. The summed E-state index contributed by atoms with van der Waals surface area (Å²) < 4.78 is 24.6. The highest BCUT2D eigenvalue weighted by molar-refractivity contribution is 5.49. The second kappa shape index (κ2) is 3.49. The number of aliphatic hydroxyl groups excluding tert-OH is 1. The minimum Gasteiger partial charge on any atom is -0.389 e. The minimum atomic E-state index is -2.54. The standard InChI is InChI=1S/C9H10F2N2O/c10-9(11)8-3-6(1-2-12-8)13-4-7(14)5-13/h1-3,7,9,14H,4-5H2. The summed E-state index contributed by atoms with van der Waals surface area (Å²) in [5.41, 5.74) is 0.476. The molecule has 0 aliphatic carbocycles. The molecule has 2 rings (SSSR count). The predicted octanol–water partition coefficient (Wildman–Crippen LogP) is 1.20. The highest BCUT2D eigenvalue weighted by Crippen LogP contribution is 2.24. The van der Waals surface area contributed by atoms with E-state index in [9.17, 15) is 8.78 Å². The van der Waals surface area contributed by atoms with Crippen LogP contribution in [0.2, 0.25) is 0 Å². The number of alkyl halides is 2. The zero-order valence-electron chi connectivity index (χ0n) is 7.40. The molecule has 0 unspecified atom stereocenters. The molecule has 1 aliphatic heterocycles. The van der Waals surface area contributed by atoms with Crippen LogP contribution in [0.3, 0.4) is 0 Å². The maximum Gasteiger partial charge on any atom is 0.280 e. The molecular weight excluding hydrogens is 190 g/mol. The van der Waals surface area contributed by atoms with E-state index in [0.29, 0.717) is 18.8 Å². The maximum absolute atomic E-state index is 12.3. The van der Waals surface area contributed by atoms with Gasteiger partial charge in [0.25, 0.3) is 6.43 Å². The molecule has 5 heteroatoms. The molecule has 0 bridgehead atoms. The summed E-state index contributed by atoms with van der Waals surface area (Å²) in [6.45, 7) is 1.01. The largest absolute Gasteiger partial charge is 0.389 e. The Labute approximate surface area is 80.0 Å². The highest BCUT2D eigenvalue weighted by atomic mass is 19.3. The monoisotopic (exact) mass is 200 g/mol. The second-order valence-electron chi connectivity index (χ2n) is 3.30. The van der Waals surface area contributed by atoms with E-state index in [1.165, 1.54) is 12.3 Å². The number of rotatable bonds is 2. The van der Waals surface area contributed by atoms with Crippen molar-refractivity contribution in [2.24, 2.45) is 0 Å². The molecule has 76 valence electrons. The van der Waals surface area contributed by atoms with Crippen LogP contribution in [0, 0.1) is 0 Å². The molecule has 0 atom stereocenters. The Bertz CT molecular complexity index is 326. The summed E-state index contributed by atoms with van der Waals surface area (Å²) >= 11 is 0. The van der Waals surface area contributed by atoms with E-state index in [1.807, 2.05) is 4.90 Å². The Kier molecular flexibility index (Phi) is 2.33. The average Bonchev–Trinajstić information content (AvgIpc) is 2.13. The third kappa shape index (κ3) is 1.68. The fraction of sp³-hybridized carbons (Fsp3) is 0.444. The molecule has 1 aromatic rings. The number of anilines is 1. The van der Waals surface area contributed by atoms with Gasteiger partial charge in [-0.2, -0.15) is 0 Å². The fourth-order valence-electron chi connectivity index (χ4n) is 1.42. The molecule has 0 spiro atoms. The van der Waals surface area contributed by atoms with Crippen LogP contribution in [0.25, 0.3) is 0 Å². The number of aromatic nitrogens is 1. The predicted molar refractivity (Wildman–Crippen MR) is 47.4 cm³/mol. The zero-order chi connectivity index (χ0) is 10.1. The normalized spacial score (nSPS) is 17.3. The van der Waals surface area contributed by atoms with Crippen LogP contribution in [0.4, 0.5) is 14.5 Å². The summed E-state index contributed by atoms with van der Waals surface area (Å²) in [5, 5.41) is 9.05. The van der Waals surface area contributed by atoms with Gasteiger partial charge >= 0.3 is 0 Å². The first-order valence-electron chi connectivity index (χ1n) is 4.34. The van der Waals surface area contributed by atoms with Crippen molar-refractivity contribution in [3.05, 3.63) is 24.0 Å². The van der Waals surface area contributed by atoms with Gasteiger partial charge in [-0.05, 0) is 12.1 Å². The van der Waals surface area contributed by atoms with Gasteiger partial charge in [0.15, 0.2) is 0 Å². The average molecular weight is 200 g/mol. The van der Waals surface area contributed by atoms with Gasteiger partial charge in [-0.25, -0.2) is 8.78 Å². The summed E-state index contributed by atoms with van der Waals surface area (Å²) in [7, 11) is 0. The minimum absolute atomic E-state index is 0.219. The van der Waals surface area contributed by atoms with Crippen LogP contribution < -0.4 is 4.90 Å². The SMILES string of the molecule is OC1CN(c2ccnc(C(F)F)c2)C1. The van der Waals surface area contributed by atoms with E-state index < -0.39 is 6.43 Å². The molecule has 0 aromatic carbocycles. The molecule has 0 saturated carbocycles. The fourth-order valence-corrected chi connectivity index (χ4v) is 1.42. The first-order chi connectivity index (χ1) is 6.66. The summed E-state index contributed by atoms with van der Waals surface area (Å²) in [5.74, 6) is 0. The first kappa shape index (κ1) is 9.33. The van der Waals surface area contributed by atoms with Gasteiger partial charge in [-0.3, -0.25) is 4.98 Å². The quantitative estimate of drug-likeness (QED) is 0.779. The third-order valence-corrected chi connectivity index (χ3v) is 2.22. The van der Waals surface area contributed by atoms with Gasteiger partial charge in [0.1, 0.15) is 5.69 Å². The third-order valence-electron chi connectivity index (χ3n) is 2.22. The van der Waals surface area contributed by atoms with E-state index in [-0.39, 0.29) is 11.8 Å². The summed E-state index contributed by atoms with van der Waals surface area (Å²) in [6, 6.07) is 3.02. The molecule has 0 amide bonds. The number of halogens is 2. The lowest BCUT2D eigenvalue weighted by molar-refractivity contribution is 0.140. The highest BCUT2D eigenvalue weighted by Gasteiger charge is 2.25. The lowest BCUT2D eigenvalue weighted by Crippen LogP contribution is -2.50. The van der Waals surface area contributed by atoms with E-state index in [0.717, 1.165) is 0 Å². The van der Waals surface area contributed by atoms with Crippen LogP contribution in [0.15, 0.2) is 18.3 Å². The number of pyridine rings is 1. The van der Waals surface area contributed by atoms with Gasteiger partial charge in [-0.1, -0.05) is 0 Å². The summed E-state index contributed by atoms with van der Waals surface area (Å²) in [4.78, 5) is 5.39.